The zero-order valence-electron chi connectivity index (χ0n) is 35.7. The van der Waals surface area contributed by atoms with Crippen molar-refractivity contribution >= 4 is 63.9 Å². The number of carbonyl (C=O) groups is 7. The van der Waals surface area contributed by atoms with E-state index in [4.69, 9.17) is 11.5 Å². The van der Waals surface area contributed by atoms with Crippen molar-refractivity contribution < 1.29 is 38.7 Å². The fourth-order valence-corrected chi connectivity index (χ4v) is 8.23. The van der Waals surface area contributed by atoms with E-state index in [0.717, 1.165) is 16.3 Å². The molecule has 17 heteroatoms. The number of aliphatic hydroxyl groups excluding tert-OH is 1. The highest BCUT2D eigenvalue weighted by atomic mass is 32.2. The van der Waals surface area contributed by atoms with Crippen molar-refractivity contribution in [3.8, 4) is 0 Å². The molecule has 1 aliphatic heterocycles. The Morgan fingerprint density at radius 1 is 0.833 bits per heavy atom. The summed E-state index contributed by atoms with van der Waals surface area (Å²) in [6, 6.07) is 7.02. The number of rotatable bonds is 15. The molecule has 1 heterocycles. The highest BCUT2D eigenvalue weighted by molar-refractivity contribution is 7.99. The van der Waals surface area contributed by atoms with Gasteiger partial charge in [0.05, 0.1) is 19.1 Å². The van der Waals surface area contributed by atoms with Gasteiger partial charge in [-0.3, -0.25) is 33.6 Å². The lowest BCUT2D eigenvalue weighted by atomic mass is 9.91. The largest absolute Gasteiger partial charge is 0.394 e. The normalized spacial score (nSPS) is 22.7. The van der Waals surface area contributed by atoms with E-state index in [1.165, 1.54) is 23.7 Å². The molecule has 0 aliphatic carbocycles. The predicted molar refractivity (Wildman–Crippen MR) is 233 cm³/mol. The Balaban J connectivity index is 2.06. The highest BCUT2D eigenvalue weighted by Gasteiger charge is 2.37. The Morgan fingerprint density at radius 2 is 1.48 bits per heavy atom. The maximum Gasteiger partial charge on any atom is 0.245 e. The third kappa shape index (κ3) is 14.8. The van der Waals surface area contributed by atoms with Gasteiger partial charge in [-0.15, -0.1) is 0 Å². The van der Waals surface area contributed by atoms with Crippen LogP contribution in [0.15, 0.2) is 42.5 Å². The van der Waals surface area contributed by atoms with E-state index in [2.05, 4.69) is 26.6 Å². The summed E-state index contributed by atoms with van der Waals surface area (Å²) in [4.78, 5) is 97.6. The number of nitrogens with one attached hydrogen (secondary N) is 5. The number of hydrogen-bond donors (Lipinski definition) is 8. The fourth-order valence-electron chi connectivity index (χ4n) is 7.29. The molecule has 7 unspecified atom stereocenters. The third-order valence-electron chi connectivity index (χ3n) is 11.3. The van der Waals surface area contributed by atoms with Gasteiger partial charge in [-0.05, 0) is 59.7 Å². The lowest BCUT2D eigenvalue weighted by molar-refractivity contribution is -0.139. The second-order valence-electron chi connectivity index (χ2n) is 15.6. The molecule has 0 saturated carbocycles. The van der Waals surface area contributed by atoms with E-state index in [1.54, 1.807) is 6.92 Å². The predicted octanol–water partition coefficient (Wildman–Crippen LogP) is 1.25. The number of primary amides is 1. The SMILES string of the molecule is CCC(C)C1NC(=O)C(Cc2ccc3ccccc3c2)NC(=O)CCSCCC(C(=O)N(C)C(CO)CCCN)NC(=O)C(CC(N)=O)NC(=O)C(C(CC)CC)NC1=O. The number of aliphatic hydroxyl groups is 1. The van der Waals surface area contributed by atoms with Crippen LogP contribution >= 0.6 is 11.8 Å². The Morgan fingerprint density at radius 3 is 2.12 bits per heavy atom. The van der Waals surface area contributed by atoms with Crippen molar-refractivity contribution in [3.63, 3.8) is 0 Å². The lowest BCUT2D eigenvalue weighted by Gasteiger charge is -2.32. The van der Waals surface area contributed by atoms with Crippen LogP contribution in [0.4, 0.5) is 0 Å². The van der Waals surface area contributed by atoms with Gasteiger partial charge in [-0.2, -0.15) is 11.8 Å². The third-order valence-corrected chi connectivity index (χ3v) is 12.3. The van der Waals surface area contributed by atoms with Gasteiger partial charge in [-0.1, -0.05) is 89.4 Å². The molecule has 1 fully saturated rings. The Kier molecular flexibility index (Phi) is 20.8. The molecule has 3 rings (SSSR count). The number of hydrogen-bond acceptors (Lipinski definition) is 10. The van der Waals surface area contributed by atoms with E-state index < -0.39 is 95.9 Å². The fraction of sp³-hybridized carbons (Fsp3) is 0.605. The maximum absolute atomic E-state index is 14.2. The van der Waals surface area contributed by atoms with Crippen molar-refractivity contribution in [2.24, 2.45) is 23.3 Å². The molecule has 10 N–H and O–H groups in total. The maximum atomic E-state index is 14.2. The number of nitrogens with two attached hydrogens (primary N) is 2. The minimum absolute atomic E-state index is 0.0296. The van der Waals surface area contributed by atoms with Crippen molar-refractivity contribution in [3.05, 3.63) is 48.0 Å². The van der Waals surface area contributed by atoms with Crippen molar-refractivity contribution in [1.82, 2.24) is 31.5 Å². The van der Waals surface area contributed by atoms with Gasteiger partial charge in [0.2, 0.25) is 41.4 Å². The monoisotopic (exact) mass is 854 g/mol. The number of nitrogens with zero attached hydrogens (tertiary/aromatic N) is 1. The van der Waals surface area contributed by atoms with Crippen LogP contribution in [0.1, 0.15) is 84.6 Å². The van der Waals surface area contributed by atoms with Crippen LogP contribution in [0.5, 0.6) is 0 Å². The number of benzene rings is 2. The van der Waals surface area contributed by atoms with Crippen LogP contribution in [0.3, 0.4) is 0 Å². The molecule has 2 aromatic carbocycles. The van der Waals surface area contributed by atoms with Gasteiger partial charge >= 0.3 is 0 Å². The standard InChI is InChI=1S/C43H66N8O8S/c1-6-26(4)37-41(57)50-38(28(7-2)8-3)42(58)48-34(24-35(45)53)39(55)47-32(43(59)51(5)31(25-52)14-11-19-44)17-20-60-21-18-36(54)46-33(40(56)49-37)23-27-15-16-29-12-9-10-13-30(29)22-27/h9-10,12-13,15-16,22,26,28,31-34,37-38,52H,6-8,11,14,17-21,23-25,44H2,1-5H3,(H2,45,53)(H,46,54)(H,47,55)(H,48,58)(H,49,56)(H,50,57). The van der Waals surface area contributed by atoms with Crippen LogP contribution in [-0.2, 0) is 40.0 Å². The van der Waals surface area contributed by atoms with E-state index in [9.17, 15) is 38.7 Å². The van der Waals surface area contributed by atoms with Crippen LogP contribution in [-0.4, -0.2) is 119 Å². The lowest BCUT2D eigenvalue weighted by Crippen LogP contribution is -2.62. The minimum atomic E-state index is -1.50. The first-order valence-corrected chi connectivity index (χ1v) is 22.2. The zero-order valence-corrected chi connectivity index (χ0v) is 36.5. The van der Waals surface area contributed by atoms with E-state index in [1.807, 2.05) is 63.2 Å². The Hall–Kier alpha value is -4.74. The average Bonchev–Trinajstić information content (AvgIpc) is 3.23. The van der Waals surface area contributed by atoms with Gasteiger partial charge in [0.25, 0.3) is 0 Å². The van der Waals surface area contributed by atoms with Gasteiger partial charge in [-0.25, -0.2) is 0 Å². The zero-order chi connectivity index (χ0) is 44.4. The molecule has 16 nitrogen and oxygen atoms in total. The summed E-state index contributed by atoms with van der Waals surface area (Å²) in [5.41, 5.74) is 12.0. The summed E-state index contributed by atoms with van der Waals surface area (Å²) in [7, 11) is 1.52. The molecule has 7 amide bonds. The first-order chi connectivity index (χ1) is 28.7. The molecular weight excluding hydrogens is 789 g/mol. The van der Waals surface area contributed by atoms with Crippen LogP contribution in [0.2, 0.25) is 0 Å². The molecule has 0 bridgehead atoms. The number of carbonyl (C=O) groups excluding carboxylic acids is 7. The summed E-state index contributed by atoms with van der Waals surface area (Å²) >= 11 is 1.36. The summed E-state index contributed by atoms with van der Waals surface area (Å²) < 4.78 is 0. The first kappa shape index (κ1) is 49.6. The molecule has 1 aliphatic rings. The topological polar surface area (TPSA) is 255 Å². The molecule has 0 spiro atoms. The summed E-state index contributed by atoms with van der Waals surface area (Å²) in [6.07, 6.45) is 2.04. The number of likely N-dealkylation sites (N-methyl/N-ethyl adjacent to an activating group) is 1. The van der Waals surface area contributed by atoms with Crippen molar-refractivity contribution in [2.75, 3.05) is 31.7 Å². The first-order valence-electron chi connectivity index (χ1n) is 21.1. The molecule has 2 aromatic rings. The second-order valence-corrected chi connectivity index (χ2v) is 16.8. The molecule has 7 atom stereocenters. The van der Waals surface area contributed by atoms with E-state index in [-0.39, 0.29) is 25.9 Å². The van der Waals surface area contributed by atoms with Crippen molar-refractivity contribution in [1.29, 1.82) is 0 Å². The van der Waals surface area contributed by atoms with Crippen LogP contribution in [0.25, 0.3) is 10.8 Å². The summed E-state index contributed by atoms with van der Waals surface area (Å²) in [5, 5.41) is 26.0. The van der Waals surface area contributed by atoms with E-state index in [0.29, 0.717) is 50.2 Å². The number of thioether (sulfide) groups is 1. The van der Waals surface area contributed by atoms with Gasteiger partial charge < -0.3 is 48.1 Å². The summed E-state index contributed by atoms with van der Waals surface area (Å²) in [5.74, 6) is -4.77. The average molecular weight is 855 g/mol. The quantitative estimate of drug-likeness (QED) is 0.127. The highest BCUT2D eigenvalue weighted by Crippen LogP contribution is 2.20. The number of amides is 7. The molecule has 60 heavy (non-hydrogen) atoms. The molecule has 332 valence electrons. The van der Waals surface area contributed by atoms with Crippen molar-refractivity contribution in [2.45, 2.75) is 122 Å². The van der Waals surface area contributed by atoms with Crippen LogP contribution < -0.4 is 38.1 Å². The van der Waals surface area contributed by atoms with E-state index >= 15 is 0 Å². The van der Waals surface area contributed by atoms with Gasteiger partial charge in [0, 0.05) is 25.6 Å². The molecule has 0 aromatic heterocycles. The Bertz CT molecular complexity index is 1780. The second kappa shape index (κ2) is 25.1. The van der Waals surface area contributed by atoms with Gasteiger partial charge in [0.1, 0.15) is 30.2 Å². The Labute approximate surface area is 357 Å². The van der Waals surface area contributed by atoms with Gasteiger partial charge in [0.15, 0.2) is 0 Å². The smallest absolute Gasteiger partial charge is 0.245 e. The minimum Gasteiger partial charge on any atom is -0.394 e. The molecular formula is C43H66N8O8S. The summed E-state index contributed by atoms with van der Waals surface area (Å²) in [6.45, 7) is 7.38. The van der Waals surface area contributed by atoms with Crippen LogP contribution in [0, 0.1) is 11.8 Å². The molecule has 0 radical (unpaired) electrons. The molecule has 1 saturated heterocycles. The number of fused-ring (bicyclic) bond motifs is 1.